The average Bonchev–Trinajstić information content (AvgIpc) is 2.61. The number of amides is 1. The first-order valence-corrected chi connectivity index (χ1v) is 8.12. The number of anilines is 1. The number of nitrogens with zero attached hydrogens (tertiary/aromatic N) is 1. The number of phenolic OH excluding ortho intramolecular Hbond substituents is 1. The van der Waals surface area contributed by atoms with Crippen LogP contribution in [-0.4, -0.2) is 29.1 Å². The number of hydrogen-bond donors (Lipinski definition) is 2. The van der Waals surface area contributed by atoms with Crippen LogP contribution in [0, 0.1) is 0 Å². The summed E-state index contributed by atoms with van der Waals surface area (Å²) in [7, 11) is 1.51. The van der Waals surface area contributed by atoms with Gasteiger partial charge in [-0.25, -0.2) is 0 Å². The average molecular weight is 326 g/mol. The number of ether oxygens (including phenoxy) is 1. The topological polar surface area (TPSA) is 61.8 Å². The Morgan fingerprint density at radius 1 is 1.25 bits per heavy atom. The lowest BCUT2D eigenvalue weighted by atomic mass is 10.00. The first-order chi connectivity index (χ1) is 11.6. The lowest BCUT2D eigenvalue weighted by Gasteiger charge is -2.41. The lowest BCUT2D eigenvalue weighted by Crippen LogP contribution is -2.47. The van der Waals surface area contributed by atoms with Crippen LogP contribution in [0.25, 0.3) is 0 Å². The van der Waals surface area contributed by atoms with Gasteiger partial charge < -0.3 is 20.1 Å². The number of phenols is 1. The Balaban J connectivity index is 2.13. The Kier molecular flexibility index (Phi) is 4.34. The number of rotatable bonds is 4. The van der Waals surface area contributed by atoms with Crippen LogP contribution in [0.5, 0.6) is 11.5 Å². The minimum atomic E-state index is -0.447. The molecule has 2 unspecified atom stereocenters. The number of hydrogen-bond acceptors (Lipinski definition) is 4. The van der Waals surface area contributed by atoms with Gasteiger partial charge in [0, 0.05) is 17.3 Å². The molecular weight excluding hydrogens is 304 g/mol. The van der Waals surface area contributed by atoms with Gasteiger partial charge in [-0.3, -0.25) is 4.79 Å². The number of methoxy groups -OCH3 is 1. The highest BCUT2D eigenvalue weighted by Crippen LogP contribution is 2.41. The number of para-hydroxylation sites is 2. The molecule has 1 aliphatic rings. The molecule has 5 nitrogen and oxygen atoms in total. The number of fused-ring (bicyclic) bond motifs is 1. The molecule has 2 aromatic rings. The first-order valence-electron chi connectivity index (χ1n) is 8.12. The third-order valence-electron chi connectivity index (χ3n) is 4.57. The Labute approximate surface area is 141 Å². The number of nitrogens with one attached hydrogen (secondary N) is 1. The zero-order valence-corrected chi connectivity index (χ0v) is 14.1. The maximum Gasteiger partial charge on any atom is 0.258 e. The molecule has 0 radical (unpaired) electrons. The van der Waals surface area contributed by atoms with Crippen molar-refractivity contribution in [2.75, 3.05) is 12.4 Å². The Hall–Kier alpha value is -2.69. The number of carbonyl (C=O) groups is 1. The van der Waals surface area contributed by atoms with Crippen molar-refractivity contribution >= 4 is 11.6 Å². The quantitative estimate of drug-likeness (QED) is 0.898. The molecule has 0 aromatic heterocycles. The highest BCUT2D eigenvalue weighted by atomic mass is 16.5. The minimum absolute atomic E-state index is 0.0222. The van der Waals surface area contributed by atoms with Crippen LogP contribution in [0.3, 0.4) is 0 Å². The number of aromatic hydroxyl groups is 1. The summed E-state index contributed by atoms with van der Waals surface area (Å²) in [5.41, 5.74) is 2.04. The van der Waals surface area contributed by atoms with Crippen LogP contribution < -0.4 is 10.1 Å². The standard InChI is InChI=1S/C19H22N2O3/c1-4-12(2)21-18(14-9-7-11-16(24-3)17(14)22)20-15-10-6-5-8-13(15)19(21)23/h5-12,18,20,22H,4H2,1-3H3. The van der Waals surface area contributed by atoms with Crippen molar-refractivity contribution < 1.29 is 14.6 Å². The van der Waals surface area contributed by atoms with Crippen molar-refractivity contribution in [2.45, 2.75) is 32.5 Å². The zero-order chi connectivity index (χ0) is 17.3. The van der Waals surface area contributed by atoms with Gasteiger partial charge in [0.1, 0.15) is 6.17 Å². The summed E-state index contributed by atoms with van der Waals surface area (Å²) in [6, 6.07) is 12.8. The second kappa shape index (κ2) is 6.43. The maximum atomic E-state index is 13.0. The molecule has 24 heavy (non-hydrogen) atoms. The molecule has 0 spiro atoms. The van der Waals surface area contributed by atoms with Crippen LogP contribution >= 0.6 is 0 Å². The summed E-state index contributed by atoms with van der Waals surface area (Å²) < 4.78 is 5.21. The van der Waals surface area contributed by atoms with Crippen molar-refractivity contribution in [3.8, 4) is 11.5 Å². The highest BCUT2D eigenvalue weighted by molar-refractivity contribution is 6.02. The molecule has 5 heteroatoms. The van der Waals surface area contributed by atoms with E-state index in [0.29, 0.717) is 16.9 Å². The van der Waals surface area contributed by atoms with E-state index in [2.05, 4.69) is 5.32 Å². The van der Waals surface area contributed by atoms with E-state index in [4.69, 9.17) is 4.74 Å². The summed E-state index contributed by atoms with van der Waals surface area (Å²) in [5, 5.41) is 13.9. The predicted molar refractivity (Wildman–Crippen MR) is 93.4 cm³/mol. The molecule has 2 aromatic carbocycles. The fraction of sp³-hybridized carbons (Fsp3) is 0.316. The normalized spacial score (nSPS) is 17.9. The molecule has 0 aliphatic carbocycles. The Bertz CT molecular complexity index is 760. The second-order valence-electron chi connectivity index (χ2n) is 5.96. The van der Waals surface area contributed by atoms with E-state index in [9.17, 15) is 9.90 Å². The molecule has 1 amide bonds. The van der Waals surface area contributed by atoms with Crippen LogP contribution in [0.15, 0.2) is 42.5 Å². The smallest absolute Gasteiger partial charge is 0.258 e. The maximum absolute atomic E-state index is 13.0. The van der Waals surface area contributed by atoms with E-state index in [0.717, 1.165) is 12.1 Å². The summed E-state index contributed by atoms with van der Waals surface area (Å²) >= 11 is 0. The van der Waals surface area contributed by atoms with Crippen molar-refractivity contribution in [1.29, 1.82) is 0 Å². The molecule has 0 saturated carbocycles. The van der Waals surface area contributed by atoms with E-state index < -0.39 is 6.17 Å². The molecule has 2 N–H and O–H groups in total. The van der Waals surface area contributed by atoms with Crippen molar-refractivity contribution in [2.24, 2.45) is 0 Å². The van der Waals surface area contributed by atoms with Crippen LogP contribution in [-0.2, 0) is 0 Å². The SMILES string of the molecule is CCC(C)N1C(=O)c2ccccc2NC1c1cccc(OC)c1O. The van der Waals surface area contributed by atoms with Gasteiger partial charge in [-0.1, -0.05) is 31.2 Å². The molecule has 0 bridgehead atoms. The van der Waals surface area contributed by atoms with Crippen molar-refractivity contribution in [1.82, 2.24) is 4.90 Å². The molecule has 126 valence electrons. The first kappa shape index (κ1) is 16.2. The Morgan fingerprint density at radius 2 is 2.00 bits per heavy atom. The van der Waals surface area contributed by atoms with Crippen molar-refractivity contribution in [3.05, 3.63) is 53.6 Å². The summed E-state index contributed by atoms with van der Waals surface area (Å²) in [6.07, 6.45) is 0.369. The van der Waals surface area contributed by atoms with Crippen LogP contribution in [0.4, 0.5) is 5.69 Å². The van der Waals surface area contributed by atoms with Gasteiger partial charge in [0.25, 0.3) is 5.91 Å². The van der Waals surface area contributed by atoms with Gasteiger partial charge in [-0.2, -0.15) is 0 Å². The monoisotopic (exact) mass is 326 g/mol. The van der Waals surface area contributed by atoms with Gasteiger partial charge in [-0.05, 0) is 31.5 Å². The van der Waals surface area contributed by atoms with Gasteiger partial charge in [-0.15, -0.1) is 0 Å². The van der Waals surface area contributed by atoms with Gasteiger partial charge in [0.2, 0.25) is 0 Å². The molecule has 1 heterocycles. The van der Waals surface area contributed by atoms with Crippen LogP contribution in [0.1, 0.15) is 42.4 Å². The molecular formula is C19H22N2O3. The van der Waals surface area contributed by atoms with Gasteiger partial charge >= 0.3 is 0 Å². The number of carbonyl (C=O) groups excluding carboxylic acids is 1. The predicted octanol–water partition coefficient (Wildman–Crippen LogP) is 3.77. The molecule has 0 saturated heterocycles. The zero-order valence-electron chi connectivity index (χ0n) is 14.1. The summed E-state index contributed by atoms with van der Waals surface area (Å²) in [5.74, 6) is 0.411. The fourth-order valence-corrected chi connectivity index (χ4v) is 3.07. The van der Waals surface area contributed by atoms with E-state index in [1.807, 2.05) is 50.2 Å². The number of benzene rings is 2. The third-order valence-corrected chi connectivity index (χ3v) is 4.57. The third kappa shape index (κ3) is 2.56. The molecule has 3 rings (SSSR count). The lowest BCUT2D eigenvalue weighted by molar-refractivity contribution is 0.0591. The van der Waals surface area contributed by atoms with Gasteiger partial charge in [0.15, 0.2) is 11.5 Å². The minimum Gasteiger partial charge on any atom is -0.504 e. The van der Waals surface area contributed by atoms with E-state index in [1.54, 1.807) is 11.0 Å². The summed E-state index contributed by atoms with van der Waals surface area (Å²) in [6.45, 7) is 4.05. The fourth-order valence-electron chi connectivity index (χ4n) is 3.07. The molecule has 2 atom stereocenters. The highest BCUT2D eigenvalue weighted by Gasteiger charge is 2.36. The second-order valence-corrected chi connectivity index (χ2v) is 5.96. The summed E-state index contributed by atoms with van der Waals surface area (Å²) in [4.78, 5) is 14.8. The van der Waals surface area contributed by atoms with E-state index >= 15 is 0 Å². The van der Waals surface area contributed by atoms with Crippen molar-refractivity contribution in [3.63, 3.8) is 0 Å². The molecule has 1 aliphatic heterocycles. The largest absolute Gasteiger partial charge is 0.504 e. The molecule has 0 fully saturated rings. The Morgan fingerprint density at radius 3 is 2.71 bits per heavy atom. The van der Waals surface area contributed by atoms with E-state index in [1.165, 1.54) is 7.11 Å². The van der Waals surface area contributed by atoms with Gasteiger partial charge in [0.05, 0.1) is 12.7 Å². The van der Waals surface area contributed by atoms with Crippen LogP contribution in [0.2, 0.25) is 0 Å². The van der Waals surface area contributed by atoms with E-state index in [-0.39, 0.29) is 17.7 Å².